The fourth-order valence-electron chi connectivity index (χ4n) is 0.930. The van der Waals surface area contributed by atoms with Crippen LogP contribution in [-0.4, -0.2) is 20.7 Å². The molecule has 0 fully saturated rings. The van der Waals surface area contributed by atoms with E-state index in [4.69, 9.17) is 0 Å². The highest BCUT2D eigenvalue weighted by atomic mass is 16.1. The molecule has 1 amide bonds. The van der Waals surface area contributed by atoms with E-state index in [1.165, 1.54) is 6.08 Å². The lowest BCUT2D eigenvalue weighted by Gasteiger charge is -2.01. The molecule has 0 aliphatic heterocycles. The fourth-order valence-corrected chi connectivity index (χ4v) is 0.930. The van der Waals surface area contributed by atoms with Crippen LogP contribution in [0.5, 0.6) is 0 Å². The van der Waals surface area contributed by atoms with Gasteiger partial charge in [-0.2, -0.15) is 10.1 Å². The number of aromatic nitrogens is 3. The molecule has 1 N–H and O–H groups in total. The van der Waals surface area contributed by atoms with Gasteiger partial charge in [0.15, 0.2) is 0 Å². The first-order valence-electron chi connectivity index (χ1n) is 4.02. The van der Waals surface area contributed by atoms with E-state index in [9.17, 15) is 4.79 Å². The zero-order valence-corrected chi connectivity index (χ0v) is 7.74. The van der Waals surface area contributed by atoms with E-state index in [0.29, 0.717) is 18.3 Å². The number of anilines is 1. The Morgan fingerprint density at radius 1 is 1.77 bits per heavy atom. The summed E-state index contributed by atoms with van der Waals surface area (Å²) >= 11 is 0. The van der Waals surface area contributed by atoms with Crippen molar-refractivity contribution >= 4 is 11.9 Å². The second-order valence-corrected chi connectivity index (χ2v) is 2.49. The molecule has 0 spiro atoms. The first kappa shape index (κ1) is 9.44. The lowest BCUT2D eigenvalue weighted by atomic mass is 10.6. The zero-order valence-electron chi connectivity index (χ0n) is 7.74. The molecule has 0 aromatic carbocycles. The van der Waals surface area contributed by atoms with Gasteiger partial charge in [-0.25, -0.2) is 4.68 Å². The lowest BCUT2D eigenvalue weighted by Crippen LogP contribution is -2.13. The molecule has 13 heavy (non-hydrogen) atoms. The van der Waals surface area contributed by atoms with Crippen LogP contribution in [0.15, 0.2) is 12.7 Å². The number of carbonyl (C=O) groups is 1. The molecule has 0 saturated heterocycles. The predicted molar refractivity (Wildman–Crippen MR) is 49.3 cm³/mol. The summed E-state index contributed by atoms with van der Waals surface area (Å²) in [4.78, 5) is 15.0. The normalized spacial score (nSPS) is 9.69. The van der Waals surface area contributed by atoms with Crippen molar-refractivity contribution in [1.29, 1.82) is 0 Å². The highest BCUT2D eigenvalue weighted by Gasteiger charge is 2.06. The Labute approximate surface area is 76.5 Å². The third-order valence-electron chi connectivity index (χ3n) is 1.50. The third kappa shape index (κ3) is 2.14. The molecule has 0 aliphatic carbocycles. The summed E-state index contributed by atoms with van der Waals surface area (Å²) in [6.07, 6.45) is 1.20. The Balaban J connectivity index is 2.86. The van der Waals surface area contributed by atoms with Gasteiger partial charge >= 0.3 is 0 Å². The summed E-state index contributed by atoms with van der Waals surface area (Å²) in [7, 11) is 0. The molecule has 70 valence electrons. The molecule has 1 aromatic rings. The van der Waals surface area contributed by atoms with E-state index < -0.39 is 0 Å². The van der Waals surface area contributed by atoms with Crippen molar-refractivity contribution in [3.05, 3.63) is 18.5 Å². The molecule has 0 bridgehead atoms. The predicted octanol–water partition coefficient (Wildman–Crippen LogP) is 0.731. The Hall–Kier alpha value is -1.65. The Bertz CT molecular complexity index is 329. The van der Waals surface area contributed by atoms with Gasteiger partial charge < -0.3 is 0 Å². The second-order valence-electron chi connectivity index (χ2n) is 2.49. The van der Waals surface area contributed by atoms with Gasteiger partial charge in [-0.15, -0.1) is 0 Å². The molecule has 1 rings (SSSR count). The van der Waals surface area contributed by atoms with Crippen LogP contribution in [-0.2, 0) is 11.3 Å². The summed E-state index contributed by atoms with van der Waals surface area (Å²) < 4.78 is 1.62. The van der Waals surface area contributed by atoms with E-state index in [-0.39, 0.29) is 5.91 Å². The van der Waals surface area contributed by atoms with Gasteiger partial charge in [0, 0.05) is 6.54 Å². The van der Waals surface area contributed by atoms with Crippen LogP contribution in [0.2, 0.25) is 0 Å². The van der Waals surface area contributed by atoms with Gasteiger partial charge in [-0.1, -0.05) is 6.58 Å². The second kappa shape index (κ2) is 3.84. The summed E-state index contributed by atoms with van der Waals surface area (Å²) in [6.45, 7) is 7.73. The molecule has 5 heteroatoms. The summed E-state index contributed by atoms with van der Waals surface area (Å²) in [5.74, 6) is 0.827. The van der Waals surface area contributed by atoms with Crippen LogP contribution in [0.1, 0.15) is 12.7 Å². The van der Waals surface area contributed by atoms with Crippen LogP contribution in [0.25, 0.3) is 0 Å². The van der Waals surface area contributed by atoms with E-state index in [1.807, 2.05) is 6.92 Å². The first-order chi connectivity index (χ1) is 6.17. The number of nitrogens with one attached hydrogen (secondary N) is 1. The van der Waals surface area contributed by atoms with Crippen LogP contribution < -0.4 is 5.32 Å². The number of nitrogens with zero attached hydrogens (tertiary/aromatic N) is 3. The number of aryl methyl sites for hydroxylation is 2. The lowest BCUT2D eigenvalue weighted by molar-refractivity contribution is -0.111. The minimum atomic E-state index is -0.276. The fraction of sp³-hybridized carbons (Fsp3) is 0.375. The molecule has 1 aromatic heterocycles. The van der Waals surface area contributed by atoms with Crippen molar-refractivity contribution in [2.45, 2.75) is 20.4 Å². The first-order valence-corrected chi connectivity index (χ1v) is 4.02. The topological polar surface area (TPSA) is 59.8 Å². The molecule has 0 atom stereocenters. The van der Waals surface area contributed by atoms with Crippen molar-refractivity contribution in [3.63, 3.8) is 0 Å². The maximum absolute atomic E-state index is 10.9. The van der Waals surface area contributed by atoms with Crippen molar-refractivity contribution in [2.75, 3.05) is 5.32 Å². The quantitative estimate of drug-likeness (QED) is 0.697. The number of hydrogen-bond donors (Lipinski definition) is 1. The molecule has 0 aliphatic rings. The smallest absolute Gasteiger partial charge is 0.250 e. The number of amides is 1. The highest BCUT2D eigenvalue weighted by molar-refractivity contribution is 5.97. The molecule has 0 radical (unpaired) electrons. The maximum atomic E-state index is 10.9. The van der Waals surface area contributed by atoms with Crippen molar-refractivity contribution < 1.29 is 4.79 Å². The monoisotopic (exact) mass is 180 g/mol. The minimum Gasteiger partial charge on any atom is -0.291 e. The maximum Gasteiger partial charge on any atom is 0.250 e. The molecule has 0 saturated carbocycles. The van der Waals surface area contributed by atoms with Crippen molar-refractivity contribution in [3.8, 4) is 0 Å². The van der Waals surface area contributed by atoms with Gasteiger partial charge in [0.2, 0.25) is 11.9 Å². The van der Waals surface area contributed by atoms with E-state index in [1.54, 1.807) is 11.6 Å². The Morgan fingerprint density at radius 2 is 2.46 bits per heavy atom. The van der Waals surface area contributed by atoms with E-state index in [2.05, 4.69) is 22.0 Å². The van der Waals surface area contributed by atoms with Crippen molar-refractivity contribution in [1.82, 2.24) is 14.8 Å². The zero-order chi connectivity index (χ0) is 9.84. The SMILES string of the molecule is C=CC(=O)Nc1nc(C)nn1CC. The third-order valence-corrected chi connectivity index (χ3v) is 1.50. The molecular weight excluding hydrogens is 168 g/mol. The van der Waals surface area contributed by atoms with Gasteiger partial charge in [0.25, 0.3) is 0 Å². The highest BCUT2D eigenvalue weighted by Crippen LogP contribution is 2.03. The van der Waals surface area contributed by atoms with Crippen LogP contribution in [0, 0.1) is 6.92 Å². The van der Waals surface area contributed by atoms with Crippen LogP contribution in [0.4, 0.5) is 5.95 Å². The van der Waals surface area contributed by atoms with Gasteiger partial charge in [-0.3, -0.25) is 10.1 Å². The molecule has 5 nitrogen and oxygen atoms in total. The standard InChI is InChI=1S/C8H12N4O/c1-4-7(13)10-8-9-6(3)11-12(8)5-2/h4H,1,5H2,2-3H3,(H,9,10,11,13). The number of hydrogen-bond acceptors (Lipinski definition) is 3. The summed E-state index contributed by atoms with van der Waals surface area (Å²) in [5.41, 5.74) is 0. The van der Waals surface area contributed by atoms with E-state index >= 15 is 0 Å². The number of carbonyl (C=O) groups excluding carboxylic acids is 1. The summed E-state index contributed by atoms with van der Waals surface area (Å²) in [5, 5.41) is 6.64. The molecular formula is C8H12N4O. The molecule has 0 unspecified atom stereocenters. The summed E-state index contributed by atoms with van der Waals surface area (Å²) in [6, 6.07) is 0. The van der Waals surface area contributed by atoms with Gasteiger partial charge in [0.05, 0.1) is 0 Å². The van der Waals surface area contributed by atoms with Crippen LogP contribution in [0.3, 0.4) is 0 Å². The average Bonchev–Trinajstić information content (AvgIpc) is 2.46. The minimum absolute atomic E-state index is 0.276. The Kier molecular flexibility index (Phi) is 2.79. The molecule has 1 heterocycles. The van der Waals surface area contributed by atoms with Gasteiger partial charge in [0.1, 0.15) is 5.82 Å². The van der Waals surface area contributed by atoms with Gasteiger partial charge in [-0.05, 0) is 19.9 Å². The van der Waals surface area contributed by atoms with Crippen molar-refractivity contribution in [2.24, 2.45) is 0 Å². The average molecular weight is 180 g/mol. The Morgan fingerprint density at radius 3 is 3.00 bits per heavy atom. The van der Waals surface area contributed by atoms with Crippen LogP contribution >= 0.6 is 0 Å². The largest absolute Gasteiger partial charge is 0.291 e. The number of rotatable bonds is 3. The van der Waals surface area contributed by atoms with E-state index in [0.717, 1.165) is 0 Å².